The maximum Gasteiger partial charge on any atom is 0.407 e. The zero-order chi connectivity index (χ0) is 14.1. The highest BCUT2D eigenvalue weighted by Crippen LogP contribution is 2.01. The van der Waals surface area contributed by atoms with Gasteiger partial charge in [-0.1, -0.05) is 30.3 Å². The number of carbonyl (C=O) groups excluding carboxylic acids is 1. The molecule has 0 radical (unpaired) electrons. The van der Waals surface area contributed by atoms with Crippen molar-refractivity contribution < 1.29 is 19.4 Å². The molecule has 1 aromatic carbocycles. The minimum absolute atomic E-state index is 0.0520. The zero-order valence-electron chi connectivity index (χ0n) is 11.3. The summed E-state index contributed by atoms with van der Waals surface area (Å²) in [5, 5.41) is 11.7. The zero-order valence-corrected chi connectivity index (χ0v) is 11.3. The number of hydrogen-bond donors (Lipinski definition) is 2. The standard InChI is InChI=1S/C14H21NO4/c1-11(2)18-10-13(8-16)15-14(17)19-9-12-6-4-3-5-7-12/h3-7,11,13,16H,8-10H2,1-2H3,(H,15,17)/t13-/m0/s1. The van der Waals surface area contributed by atoms with E-state index in [1.165, 1.54) is 0 Å². The van der Waals surface area contributed by atoms with Gasteiger partial charge in [0.2, 0.25) is 0 Å². The Balaban J connectivity index is 2.29. The predicted octanol–water partition coefficient (Wildman–Crippen LogP) is 1.70. The molecule has 0 aliphatic rings. The smallest absolute Gasteiger partial charge is 0.407 e. The molecule has 0 saturated heterocycles. The van der Waals surface area contributed by atoms with E-state index in [2.05, 4.69) is 5.32 Å². The molecule has 0 aliphatic carbocycles. The van der Waals surface area contributed by atoms with Crippen LogP contribution in [0.4, 0.5) is 4.79 Å². The maximum absolute atomic E-state index is 11.5. The fraction of sp³-hybridized carbons (Fsp3) is 0.500. The summed E-state index contributed by atoms with van der Waals surface area (Å²) in [4.78, 5) is 11.5. The first-order valence-corrected chi connectivity index (χ1v) is 6.31. The second-order valence-corrected chi connectivity index (χ2v) is 4.47. The van der Waals surface area contributed by atoms with Crippen LogP contribution in [0.5, 0.6) is 0 Å². The molecule has 0 saturated carbocycles. The van der Waals surface area contributed by atoms with E-state index in [4.69, 9.17) is 14.6 Å². The van der Waals surface area contributed by atoms with Crippen LogP contribution in [0, 0.1) is 0 Å². The topological polar surface area (TPSA) is 67.8 Å². The predicted molar refractivity (Wildman–Crippen MR) is 71.7 cm³/mol. The molecule has 0 unspecified atom stereocenters. The second kappa shape index (κ2) is 8.50. The lowest BCUT2D eigenvalue weighted by atomic mass is 10.2. The van der Waals surface area contributed by atoms with Crippen molar-refractivity contribution in [2.24, 2.45) is 0 Å². The summed E-state index contributed by atoms with van der Waals surface area (Å²) >= 11 is 0. The SMILES string of the molecule is CC(C)OC[C@H](CO)NC(=O)OCc1ccccc1. The third-order valence-corrected chi connectivity index (χ3v) is 2.39. The Morgan fingerprint density at radius 2 is 2.00 bits per heavy atom. The van der Waals surface area contributed by atoms with E-state index < -0.39 is 12.1 Å². The summed E-state index contributed by atoms with van der Waals surface area (Å²) in [7, 11) is 0. The maximum atomic E-state index is 11.5. The molecular formula is C14H21NO4. The van der Waals surface area contributed by atoms with Crippen LogP contribution in [-0.4, -0.2) is 36.6 Å². The molecule has 5 nitrogen and oxygen atoms in total. The minimum atomic E-state index is -0.560. The summed E-state index contributed by atoms with van der Waals surface area (Å²) in [6.07, 6.45) is -0.508. The average Bonchev–Trinajstić information content (AvgIpc) is 2.42. The van der Waals surface area contributed by atoms with Crippen molar-refractivity contribution in [2.45, 2.75) is 32.6 Å². The van der Waals surface area contributed by atoms with Crippen molar-refractivity contribution in [1.29, 1.82) is 0 Å². The van der Waals surface area contributed by atoms with Gasteiger partial charge in [-0.05, 0) is 19.4 Å². The van der Waals surface area contributed by atoms with Crippen molar-refractivity contribution in [1.82, 2.24) is 5.32 Å². The Labute approximate surface area is 113 Å². The molecule has 0 bridgehead atoms. The summed E-state index contributed by atoms with van der Waals surface area (Å²) in [5.41, 5.74) is 0.914. The fourth-order valence-corrected chi connectivity index (χ4v) is 1.38. The number of amides is 1. The highest BCUT2D eigenvalue weighted by atomic mass is 16.5. The molecule has 5 heteroatoms. The van der Waals surface area contributed by atoms with Crippen molar-refractivity contribution >= 4 is 6.09 Å². The van der Waals surface area contributed by atoms with Gasteiger partial charge in [-0.2, -0.15) is 0 Å². The van der Waals surface area contributed by atoms with Crippen molar-refractivity contribution in [2.75, 3.05) is 13.2 Å². The van der Waals surface area contributed by atoms with E-state index in [-0.39, 0.29) is 25.9 Å². The van der Waals surface area contributed by atoms with Gasteiger partial charge in [0.15, 0.2) is 0 Å². The Bertz CT molecular complexity index is 367. The van der Waals surface area contributed by atoms with Crippen LogP contribution in [0.3, 0.4) is 0 Å². The van der Waals surface area contributed by atoms with Gasteiger partial charge in [0.1, 0.15) is 6.61 Å². The van der Waals surface area contributed by atoms with Gasteiger partial charge in [0.25, 0.3) is 0 Å². The second-order valence-electron chi connectivity index (χ2n) is 4.47. The molecule has 1 rings (SSSR count). The number of benzene rings is 1. The number of ether oxygens (including phenoxy) is 2. The molecule has 2 N–H and O–H groups in total. The van der Waals surface area contributed by atoms with Crippen molar-refractivity contribution in [3.05, 3.63) is 35.9 Å². The monoisotopic (exact) mass is 267 g/mol. The highest BCUT2D eigenvalue weighted by Gasteiger charge is 2.13. The first kappa shape index (κ1) is 15.5. The molecule has 0 aromatic heterocycles. The Hall–Kier alpha value is -1.59. The number of aliphatic hydroxyl groups is 1. The van der Waals surface area contributed by atoms with Crippen LogP contribution < -0.4 is 5.32 Å². The first-order chi connectivity index (χ1) is 9.11. The molecule has 0 heterocycles. The van der Waals surface area contributed by atoms with Crippen molar-refractivity contribution in [3.63, 3.8) is 0 Å². The minimum Gasteiger partial charge on any atom is -0.445 e. The fourth-order valence-electron chi connectivity index (χ4n) is 1.38. The normalized spacial score (nSPS) is 12.2. The number of rotatable bonds is 7. The summed E-state index contributed by atoms with van der Waals surface area (Å²) in [5.74, 6) is 0. The molecule has 1 atom stereocenters. The lowest BCUT2D eigenvalue weighted by Gasteiger charge is -2.17. The number of hydrogen-bond acceptors (Lipinski definition) is 4. The van der Waals surface area contributed by atoms with E-state index in [9.17, 15) is 4.79 Å². The number of aliphatic hydroxyl groups excluding tert-OH is 1. The van der Waals surface area contributed by atoms with Crippen LogP contribution in [0.25, 0.3) is 0 Å². The van der Waals surface area contributed by atoms with Crippen LogP contribution in [0.1, 0.15) is 19.4 Å². The molecule has 0 aliphatic heterocycles. The van der Waals surface area contributed by atoms with Crippen LogP contribution in [0.2, 0.25) is 0 Å². The van der Waals surface area contributed by atoms with Crippen molar-refractivity contribution in [3.8, 4) is 0 Å². The first-order valence-electron chi connectivity index (χ1n) is 6.31. The van der Waals surface area contributed by atoms with Gasteiger partial charge in [0.05, 0.1) is 25.4 Å². The van der Waals surface area contributed by atoms with Crippen LogP contribution >= 0.6 is 0 Å². The number of alkyl carbamates (subject to hydrolysis) is 1. The lowest BCUT2D eigenvalue weighted by Crippen LogP contribution is -2.41. The number of nitrogens with one attached hydrogen (secondary N) is 1. The Kier molecular flexibility index (Phi) is 6.92. The van der Waals surface area contributed by atoms with E-state index in [1.807, 2.05) is 44.2 Å². The van der Waals surface area contributed by atoms with Gasteiger partial charge >= 0.3 is 6.09 Å². The lowest BCUT2D eigenvalue weighted by molar-refractivity contribution is 0.0440. The largest absolute Gasteiger partial charge is 0.445 e. The van der Waals surface area contributed by atoms with Gasteiger partial charge in [-0.15, -0.1) is 0 Å². The molecule has 1 aromatic rings. The van der Waals surface area contributed by atoms with Gasteiger partial charge in [-0.3, -0.25) is 0 Å². The van der Waals surface area contributed by atoms with Gasteiger partial charge in [-0.25, -0.2) is 4.79 Å². The molecule has 19 heavy (non-hydrogen) atoms. The van der Waals surface area contributed by atoms with E-state index >= 15 is 0 Å². The molecular weight excluding hydrogens is 246 g/mol. The third-order valence-electron chi connectivity index (χ3n) is 2.39. The summed E-state index contributed by atoms with van der Waals surface area (Å²) < 4.78 is 10.4. The Morgan fingerprint density at radius 3 is 2.58 bits per heavy atom. The Morgan fingerprint density at radius 1 is 1.32 bits per heavy atom. The summed E-state index contributed by atoms with van der Waals surface area (Å²) in [6, 6.07) is 8.95. The molecule has 106 valence electrons. The number of carbonyl (C=O) groups is 1. The molecule has 1 amide bonds. The molecule has 0 spiro atoms. The van der Waals surface area contributed by atoms with E-state index in [0.29, 0.717) is 0 Å². The van der Waals surface area contributed by atoms with Crippen LogP contribution in [-0.2, 0) is 16.1 Å². The summed E-state index contributed by atoms with van der Waals surface area (Å²) in [6.45, 7) is 4.06. The van der Waals surface area contributed by atoms with Crippen LogP contribution in [0.15, 0.2) is 30.3 Å². The van der Waals surface area contributed by atoms with E-state index in [0.717, 1.165) is 5.56 Å². The third kappa shape index (κ3) is 6.79. The molecule has 0 fully saturated rings. The van der Waals surface area contributed by atoms with Gasteiger partial charge in [0, 0.05) is 0 Å². The highest BCUT2D eigenvalue weighted by molar-refractivity contribution is 5.67. The van der Waals surface area contributed by atoms with Gasteiger partial charge < -0.3 is 19.9 Å². The average molecular weight is 267 g/mol. The van der Waals surface area contributed by atoms with E-state index in [1.54, 1.807) is 0 Å². The quantitative estimate of drug-likeness (QED) is 0.789.